The van der Waals surface area contributed by atoms with Crippen LogP contribution in [0.5, 0.6) is 0 Å². The van der Waals surface area contributed by atoms with E-state index in [1.165, 1.54) is 18.2 Å². The van der Waals surface area contributed by atoms with Crippen molar-refractivity contribution in [1.82, 2.24) is 10.2 Å². The standard InChI is InChI=1S/C10H5BrClFN2O2/c11-9-5(12)1-4(2-6(9)13)7-3-8(10(16)17)15-14-7/h1-3H,(H,14,15)(H,16,17). The molecule has 0 saturated carbocycles. The number of carbonyl (C=O) groups is 1. The Morgan fingerprint density at radius 2 is 2.18 bits per heavy atom. The lowest BCUT2D eigenvalue weighted by atomic mass is 10.1. The summed E-state index contributed by atoms with van der Waals surface area (Å²) in [5.41, 5.74) is 0.648. The van der Waals surface area contributed by atoms with E-state index in [0.717, 1.165) is 0 Å². The van der Waals surface area contributed by atoms with E-state index in [4.69, 9.17) is 16.7 Å². The van der Waals surface area contributed by atoms with E-state index in [1.54, 1.807) is 0 Å². The first-order valence-electron chi connectivity index (χ1n) is 4.42. The van der Waals surface area contributed by atoms with Crippen molar-refractivity contribution in [3.05, 3.63) is 39.2 Å². The fourth-order valence-corrected chi connectivity index (χ4v) is 1.72. The molecule has 0 aliphatic rings. The zero-order chi connectivity index (χ0) is 12.6. The van der Waals surface area contributed by atoms with Gasteiger partial charge >= 0.3 is 5.97 Å². The SMILES string of the molecule is O=C(O)c1cc(-c2cc(F)c(Br)c(Cl)c2)n[nH]1. The summed E-state index contributed by atoms with van der Waals surface area (Å²) in [7, 11) is 0. The van der Waals surface area contributed by atoms with Crippen molar-refractivity contribution in [1.29, 1.82) is 0 Å². The van der Waals surface area contributed by atoms with Crippen LogP contribution in [0.1, 0.15) is 10.5 Å². The summed E-state index contributed by atoms with van der Waals surface area (Å²) in [6.07, 6.45) is 0. The smallest absolute Gasteiger partial charge is 0.353 e. The predicted octanol–water partition coefficient (Wildman–Crippen LogP) is 3.33. The van der Waals surface area contributed by atoms with Gasteiger partial charge in [-0.2, -0.15) is 5.10 Å². The summed E-state index contributed by atoms with van der Waals surface area (Å²) in [5.74, 6) is -1.67. The van der Waals surface area contributed by atoms with Gasteiger partial charge in [0.15, 0.2) is 0 Å². The van der Waals surface area contributed by atoms with Crippen LogP contribution in [-0.2, 0) is 0 Å². The number of hydrogen-bond acceptors (Lipinski definition) is 2. The minimum Gasteiger partial charge on any atom is -0.477 e. The molecular formula is C10H5BrClFN2O2. The van der Waals surface area contributed by atoms with E-state index >= 15 is 0 Å². The Morgan fingerprint density at radius 1 is 1.47 bits per heavy atom. The van der Waals surface area contributed by atoms with Gasteiger partial charge in [0.1, 0.15) is 11.5 Å². The molecule has 1 aromatic carbocycles. The van der Waals surface area contributed by atoms with Gasteiger partial charge in [0, 0.05) is 5.56 Å². The molecule has 0 atom stereocenters. The Labute approximate surface area is 109 Å². The summed E-state index contributed by atoms with van der Waals surface area (Å²) >= 11 is 8.78. The third kappa shape index (κ3) is 2.32. The molecule has 0 aliphatic carbocycles. The van der Waals surface area contributed by atoms with Gasteiger partial charge in [-0.05, 0) is 34.1 Å². The molecule has 0 fully saturated rings. The average Bonchev–Trinajstić information content (AvgIpc) is 2.74. The molecule has 1 heterocycles. The summed E-state index contributed by atoms with van der Waals surface area (Å²) < 4.78 is 13.6. The molecule has 88 valence electrons. The Bertz CT molecular complexity index is 577. The number of H-pyrrole nitrogens is 1. The molecule has 7 heteroatoms. The Kier molecular flexibility index (Phi) is 3.17. The molecule has 4 nitrogen and oxygen atoms in total. The van der Waals surface area contributed by atoms with Crippen molar-refractivity contribution in [3.8, 4) is 11.3 Å². The lowest BCUT2D eigenvalue weighted by molar-refractivity contribution is 0.0690. The number of nitrogens with one attached hydrogen (secondary N) is 1. The maximum atomic E-state index is 13.4. The molecule has 0 radical (unpaired) electrons. The first-order valence-corrected chi connectivity index (χ1v) is 5.59. The lowest BCUT2D eigenvalue weighted by Gasteiger charge is -2.01. The Balaban J connectivity index is 2.49. The highest BCUT2D eigenvalue weighted by molar-refractivity contribution is 9.10. The van der Waals surface area contributed by atoms with Gasteiger partial charge in [-0.1, -0.05) is 11.6 Å². The van der Waals surface area contributed by atoms with Crippen molar-refractivity contribution in [3.63, 3.8) is 0 Å². The zero-order valence-electron chi connectivity index (χ0n) is 8.17. The third-order valence-electron chi connectivity index (χ3n) is 2.09. The van der Waals surface area contributed by atoms with Crippen LogP contribution in [0.15, 0.2) is 22.7 Å². The quantitative estimate of drug-likeness (QED) is 0.834. The molecule has 2 rings (SSSR count). The lowest BCUT2D eigenvalue weighted by Crippen LogP contribution is -1.95. The number of benzene rings is 1. The second-order valence-electron chi connectivity index (χ2n) is 3.23. The maximum absolute atomic E-state index is 13.4. The highest BCUT2D eigenvalue weighted by atomic mass is 79.9. The van der Waals surface area contributed by atoms with Crippen LogP contribution in [0.2, 0.25) is 5.02 Å². The van der Waals surface area contributed by atoms with Gasteiger partial charge in [-0.25, -0.2) is 9.18 Å². The molecule has 0 saturated heterocycles. The number of hydrogen-bond donors (Lipinski definition) is 2. The summed E-state index contributed by atoms with van der Waals surface area (Å²) in [5, 5.41) is 15.0. The molecule has 2 aromatic rings. The van der Waals surface area contributed by atoms with E-state index in [0.29, 0.717) is 11.3 Å². The van der Waals surface area contributed by atoms with E-state index in [-0.39, 0.29) is 15.2 Å². The van der Waals surface area contributed by atoms with Crippen molar-refractivity contribution in [2.75, 3.05) is 0 Å². The molecular weight excluding hydrogens is 314 g/mol. The van der Waals surface area contributed by atoms with Crippen LogP contribution >= 0.6 is 27.5 Å². The summed E-state index contributed by atoms with van der Waals surface area (Å²) in [4.78, 5) is 10.7. The number of aromatic nitrogens is 2. The van der Waals surface area contributed by atoms with Crippen LogP contribution in [-0.4, -0.2) is 21.3 Å². The minimum absolute atomic E-state index is 0.0700. The Hall–Kier alpha value is -1.40. The van der Waals surface area contributed by atoms with Gasteiger partial charge < -0.3 is 5.11 Å². The largest absolute Gasteiger partial charge is 0.477 e. The minimum atomic E-state index is -1.13. The third-order valence-corrected chi connectivity index (χ3v) is 3.42. The van der Waals surface area contributed by atoms with Crippen LogP contribution in [0.3, 0.4) is 0 Å². The Morgan fingerprint density at radius 3 is 2.71 bits per heavy atom. The van der Waals surface area contributed by atoms with Crippen molar-refractivity contribution in [2.24, 2.45) is 0 Å². The predicted molar refractivity (Wildman–Crippen MR) is 63.7 cm³/mol. The second-order valence-corrected chi connectivity index (χ2v) is 4.43. The van der Waals surface area contributed by atoms with E-state index in [1.807, 2.05) is 0 Å². The van der Waals surface area contributed by atoms with E-state index < -0.39 is 11.8 Å². The fourth-order valence-electron chi connectivity index (χ4n) is 1.28. The average molecular weight is 320 g/mol. The summed E-state index contributed by atoms with van der Waals surface area (Å²) in [6.45, 7) is 0. The monoisotopic (exact) mass is 318 g/mol. The van der Waals surface area contributed by atoms with Crippen molar-refractivity contribution >= 4 is 33.5 Å². The number of halogens is 3. The van der Waals surface area contributed by atoms with E-state index in [2.05, 4.69) is 26.1 Å². The molecule has 2 N–H and O–H groups in total. The van der Waals surface area contributed by atoms with Gasteiger partial charge in [0.2, 0.25) is 0 Å². The molecule has 1 aromatic heterocycles. The van der Waals surface area contributed by atoms with Gasteiger partial charge in [-0.15, -0.1) is 0 Å². The summed E-state index contributed by atoms with van der Waals surface area (Å²) in [6, 6.07) is 4.02. The number of rotatable bonds is 2. The highest BCUT2D eigenvalue weighted by Crippen LogP contribution is 2.30. The van der Waals surface area contributed by atoms with Gasteiger partial charge in [-0.3, -0.25) is 5.10 Å². The van der Waals surface area contributed by atoms with Crippen molar-refractivity contribution in [2.45, 2.75) is 0 Å². The van der Waals surface area contributed by atoms with Crippen LogP contribution in [0.25, 0.3) is 11.3 Å². The second kappa shape index (κ2) is 4.46. The first-order chi connectivity index (χ1) is 7.99. The fraction of sp³-hybridized carbons (Fsp3) is 0. The number of carboxylic acid groups (broad SMARTS) is 1. The van der Waals surface area contributed by atoms with Crippen LogP contribution in [0.4, 0.5) is 4.39 Å². The normalized spacial score (nSPS) is 10.5. The molecule has 0 bridgehead atoms. The molecule has 0 amide bonds. The molecule has 17 heavy (non-hydrogen) atoms. The molecule has 0 aliphatic heterocycles. The van der Waals surface area contributed by atoms with Crippen molar-refractivity contribution < 1.29 is 14.3 Å². The molecule has 0 unspecified atom stereocenters. The number of carboxylic acids is 1. The van der Waals surface area contributed by atoms with Crippen LogP contribution in [0, 0.1) is 5.82 Å². The first kappa shape index (κ1) is 12.1. The van der Waals surface area contributed by atoms with E-state index in [9.17, 15) is 9.18 Å². The van der Waals surface area contributed by atoms with Gasteiger partial charge in [0.05, 0.1) is 15.2 Å². The number of aromatic amines is 1. The number of aromatic carboxylic acids is 1. The van der Waals surface area contributed by atoms with Crippen LogP contribution < -0.4 is 0 Å². The highest BCUT2D eigenvalue weighted by Gasteiger charge is 2.12. The molecule has 0 spiro atoms. The number of nitrogens with zero attached hydrogens (tertiary/aromatic N) is 1. The zero-order valence-corrected chi connectivity index (χ0v) is 10.5. The topological polar surface area (TPSA) is 66.0 Å². The maximum Gasteiger partial charge on any atom is 0.353 e. The van der Waals surface area contributed by atoms with Gasteiger partial charge in [0.25, 0.3) is 0 Å².